The molecule has 4 heterocycles. The van der Waals surface area contributed by atoms with Gasteiger partial charge in [-0.2, -0.15) is 10.5 Å². The summed E-state index contributed by atoms with van der Waals surface area (Å²) < 4.78 is 11.3. The second-order valence-electron chi connectivity index (χ2n) is 14.4. The summed E-state index contributed by atoms with van der Waals surface area (Å²) in [4.78, 5) is 0. The molecule has 0 fully saturated rings. The number of hydrogen-bond donors (Lipinski definition) is 0. The monoisotopic (exact) mass is 680 g/mol. The number of hydrogen-bond acceptors (Lipinski definition) is 3. The van der Waals surface area contributed by atoms with Gasteiger partial charge >= 0.3 is 0 Å². The molecule has 0 saturated carbocycles. The summed E-state index contributed by atoms with van der Waals surface area (Å²) in [5.74, 6) is 0. The molecule has 0 spiro atoms. The van der Waals surface area contributed by atoms with Crippen molar-refractivity contribution in [1.82, 2.24) is 9.13 Å². The van der Waals surface area contributed by atoms with E-state index in [0.29, 0.717) is 11.1 Å². The molecule has 0 saturated heterocycles. The van der Waals surface area contributed by atoms with E-state index in [-0.39, 0.29) is 0 Å². The van der Waals surface area contributed by atoms with E-state index in [1.165, 1.54) is 32.3 Å². The first-order valence-electron chi connectivity index (χ1n) is 17.5. The Morgan fingerprint density at radius 2 is 1.06 bits per heavy atom. The van der Waals surface area contributed by atoms with Gasteiger partial charge in [0.25, 0.3) is 0 Å². The number of nitrogens with zero attached hydrogens (tertiary/aromatic N) is 4. The molecular weight excluding hydrogens is 653 g/mol. The van der Waals surface area contributed by atoms with Crippen molar-refractivity contribution in [1.29, 1.82) is 10.5 Å². The van der Waals surface area contributed by atoms with Gasteiger partial charge in [0.05, 0.1) is 45.3 Å². The Kier molecular flexibility index (Phi) is 5.62. The van der Waals surface area contributed by atoms with Crippen LogP contribution in [0.2, 0.25) is 13.1 Å². The maximum atomic E-state index is 9.72. The highest BCUT2D eigenvalue weighted by atomic mass is 28.3. The highest BCUT2D eigenvalue weighted by Crippen LogP contribution is 2.42. The van der Waals surface area contributed by atoms with Gasteiger partial charge < -0.3 is 13.6 Å². The van der Waals surface area contributed by atoms with Crippen LogP contribution in [0.1, 0.15) is 11.1 Å². The fraction of sp³-hybridized carbons (Fsp3) is 0.0435. The molecule has 1 aliphatic rings. The van der Waals surface area contributed by atoms with Crippen LogP contribution in [0, 0.1) is 22.7 Å². The first-order chi connectivity index (χ1) is 25.4. The number of nitriles is 2. The van der Waals surface area contributed by atoms with E-state index in [1.54, 1.807) is 0 Å². The van der Waals surface area contributed by atoms with Gasteiger partial charge in [-0.3, -0.25) is 0 Å². The summed E-state index contributed by atoms with van der Waals surface area (Å²) in [5, 5.41) is 28.8. The molecule has 10 aromatic rings. The van der Waals surface area contributed by atoms with E-state index in [9.17, 15) is 10.5 Å². The van der Waals surface area contributed by atoms with E-state index in [2.05, 4.69) is 119 Å². The van der Waals surface area contributed by atoms with Crippen molar-refractivity contribution < 1.29 is 4.42 Å². The fourth-order valence-electron chi connectivity index (χ4n) is 8.96. The minimum atomic E-state index is -2.01. The molecule has 7 aromatic carbocycles. The molecule has 0 radical (unpaired) electrons. The number of benzene rings is 7. The summed E-state index contributed by atoms with van der Waals surface area (Å²) in [6.07, 6.45) is 0. The number of para-hydroxylation sites is 2. The molecule has 0 atom stereocenters. The van der Waals surface area contributed by atoms with E-state index in [1.807, 2.05) is 48.5 Å². The standard InChI is InChI=1S/C46H28N4OSi/c1-52(2)43-19-13-29(49-40-17-11-27(25-47)21-35(40)36-22-28(26-48)12-18-41(36)49)23-37(43)38-24-30(14-20-44(38)52)50-39-9-5-3-7-31(39)33-15-16-34-32-8-4-6-10-42(32)51-46(34)45(33)50/h3-24H,1-2H3. The minimum Gasteiger partial charge on any atom is -0.454 e. The van der Waals surface area contributed by atoms with Gasteiger partial charge in [-0.1, -0.05) is 67.7 Å². The van der Waals surface area contributed by atoms with Crippen LogP contribution >= 0.6 is 0 Å². The molecule has 0 amide bonds. The van der Waals surface area contributed by atoms with E-state index in [4.69, 9.17) is 4.42 Å². The Balaban J connectivity index is 1.17. The van der Waals surface area contributed by atoms with Gasteiger partial charge in [0, 0.05) is 43.7 Å². The molecular formula is C46H28N4OSi. The van der Waals surface area contributed by atoms with Crippen LogP contribution in [0.15, 0.2) is 138 Å². The van der Waals surface area contributed by atoms with Crippen molar-refractivity contribution >= 4 is 84.0 Å². The van der Waals surface area contributed by atoms with Crippen LogP contribution in [0.5, 0.6) is 0 Å². The van der Waals surface area contributed by atoms with E-state index >= 15 is 0 Å². The molecule has 52 heavy (non-hydrogen) atoms. The molecule has 1 aliphatic heterocycles. The minimum absolute atomic E-state index is 0.599. The average Bonchev–Trinajstić information content (AvgIpc) is 3.89. The predicted molar refractivity (Wildman–Crippen MR) is 214 cm³/mol. The predicted octanol–water partition coefficient (Wildman–Crippen LogP) is 10.3. The van der Waals surface area contributed by atoms with Crippen LogP contribution < -0.4 is 10.4 Å². The summed E-state index contributed by atoms with van der Waals surface area (Å²) in [5.41, 5.74) is 11.9. The Morgan fingerprint density at radius 1 is 0.500 bits per heavy atom. The van der Waals surface area contributed by atoms with Crippen molar-refractivity contribution in [2.75, 3.05) is 0 Å². The third-order valence-electron chi connectivity index (χ3n) is 11.4. The topological polar surface area (TPSA) is 70.6 Å². The highest BCUT2D eigenvalue weighted by molar-refractivity contribution is 7.03. The van der Waals surface area contributed by atoms with Gasteiger partial charge in [-0.05, 0) is 100 Å². The van der Waals surface area contributed by atoms with Crippen LogP contribution in [0.25, 0.3) is 88.1 Å². The summed E-state index contributed by atoms with van der Waals surface area (Å²) in [6, 6.07) is 51.6. The lowest BCUT2D eigenvalue weighted by atomic mass is 10.0. The number of rotatable bonds is 2. The Bertz CT molecular complexity index is 3240. The van der Waals surface area contributed by atoms with Gasteiger partial charge in [-0.25, -0.2) is 0 Å². The Hall–Kier alpha value is -6.86. The zero-order chi connectivity index (χ0) is 34.9. The Labute approximate surface area is 299 Å². The van der Waals surface area contributed by atoms with E-state index < -0.39 is 8.07 Å². The average molecular weight is 681 g/mol. The maximum Gasteiger partial charge on any atom is 0.160 e. The fourth-order valence-corrected chi connectivity index (χ4v) is 12.0. The Morgan fingerprint density at radius 3 is 1.71 bits per heavy atom. The molecule has 5 nitrogen and oxygen atoms in total. The van der Waals surface area contributed by atoms with Crippen LogP contribution in [-0.2, 0) is 0 Å². The first-order valence-corrected chi connectivity index (χ1v) is 20.5. The normalized spacial score (nSPS) is 13.3. The zero-order valence-corrected chi connectivity index (χ0v) is 29.4. The number of furan rings is 1. The second-order valence-corrected chi connectivity index (χ2v) is 18.7. The summed E-state index contributed by atoms with van der Waals surface area (Å²) >= 11 is 0. The van der Waals surface area contributed by atoms with Gasteiger partial charge in [0.2, 0.25) is 0 Å². The van der Waals surface area contributed by atoms with Crippen molar-refractivity contribution in [3.05, 3.63) is 145 Å². The van der Waals surface area contributed by atoms with Crippen LogP contribution in [-0.4, -0.2) is 17.2 Å². The lowest BCUT2D eigenvalue weighted by molar-refractivity contribution is 0.671. The number of aromatic nitrogens is 2. The summed E-state index contributed by atoms with van der Waals surface area (Å²) in [6.45, 7) is 4.89. The third kappa shape index (κ3) is 3.69. The van der Waals surface area contributed by atoms with Gasteiger partial charge in [0.1, 0.15) is 13.7 Å². The molecule has 3 aromatic heterocycles. The van der Waals surface area contributed by atoms with Crippen molar-refractivity contribution in [3.63, 3.8) is 0 Å². The van der Waals surface area contributed by atoms with Crippen molar-refractivity contribution in [3.8, 4) is 34.6 Å². The molecule has 0 bridgehead atoms. The van der Waals surface area contributed by atoms with Gasteiger partial charge in [0.15, 0.2) is 5.58 Å². The van der Waals surface area contributed by atoms with Gasteiger partial charge in [-0.15, -0.1) is 0 Å². The van der Waals surface area contributed by atoms with Crippen LogP contribution in [0.4, 0.5) is 0 Å². The second kappa shape index (κ2) is 10.1. The lowest BCUT2D eigenvalue weighted by Gasteiger charge is -2.19. The lowest BCUT2D eigenvalue weighted by Crippen LogP contribution is -2.49. The first kappa shape index (κ1) is 28.9. The SMILES string of the molecule is C[Si]1(C)c2ccc(-n3c4ccc(C#N)cc4c4cc(C#N)ccc43)cc2-c2cc(-n3c4ccccc4c4ccc5c6ccccc6oc5c43)ccc21. The summed E-state index contributed by atoms with van der Waals surface area (Å²) in [7, 11) is -2.01. The number of fused-ring (bicyclic) bond motifs is 13. The molecule has 0 unspecified atom stereocenters. The third-order valence-corrected chi connectivity index (χ3v) is 14.9. The maximum absolute atomic E-state index is 9.72. The molecule has 11 rings (SSSR count). The molecule has 242 valence electrons. The quantitative estimate of drug-likeness (QED) is 0.171. The van der Waals surface area contributed by atoms with Crippen molar-refractivity contribution in [2.45, 2.75) is 13.1 Å². The largest absolute Gasteiger partial charge is 0.454 e. The van der Waals surface area contributed by atoms with Crippen molar-refractivity contribution in [2.24, 2.45) is 0 Å². The molecule has 6 heteroatoms. The smallest absolute Gasteiger partial charge is 0.160 e. The molecule has 0 N–H and O–H groups in total. The molecule has 0 aliphatic carbocycles. The zero-order valence-electron chi connectivity index (χ0n) is 28.4. The van der Waals surface area contributed by atoms with E-state index in [0.717, 1.165) is 66.2 Å². The highest BCUT2D eigenvalue weighted by Gasteiger charge is 2.38. The van der Waals surface area contributed by atoms with Crippen LogP contribution in [0.3, 0.4) is 0 Å².